The summed E-state index contributed by atoms with van der Waals surface area (Å²) in [5, 5.41) is 0. The van der Waals surface area contributed by atoms with E-state index in [2.05, 4.69) is 0 Å². The molecule has 0 aromatic heterocycles. The molecule has 2 rings (SSSR count). The number of amides is 1. The molecule has 0 saturated carbocycles. The van der Waals surface area contributed by atoms with E-state index < -0.39 is 0 Å². The van der Waals surface area contributed by atoms with Crippen LogP contribution < -0.4 is 5.73 Å². The molecule has 0 unspecified atom stereocenters. The van der Waals surface area contributed by atoms with Gasteiger partial charge >= 0.3 is 0 Å². The van der Waals surface area contributed by atoms with E-state index in [1.807, 2.05) is 9.71 Å². The number of likely N-dealkylation sites (tertiary alicyclic amines) is 1. The van der Waals surface area contributed by atoms with Crippen LogP contribution in [0.4, 0.5) is 0 Å². The Bertz CT molecular complexity index is 279. The minimum Gasteiger partial charge on any atom is -0.340 e. The molecule has 0 spiro atoms. The van der Waals surface area contributed by atoms with Crippen molar-refractivity contribution in [3.8, 4) is 0 Å². The second-order valence-electron chi connectivity index (χ2n) is 4.48. The largest absolute Gasteiger partial charge is 0.340 e. The third kappa shape index (κ3) is 2.27. The fraction of sp³-hybridized carbons (Fsp3) is 0.800. The summed E-state index contributed by atoms with van der Waals surface area (Å²) in [6, 6.07) is 0.0249. The van der Waals surface area contributed by atoms with Crippen LogP contribution in [-0.2, 0) is 9.59 Å². The first-order chi connectivity index (χ1) is 7.72. The van der Waals surface area contributed by atoms with Crippen LogP contribution in [-0.4, -0.2) is 60.9 Å². The van der Waals surface area contributed by atoms with Gasteiger partial charge in [0, 0.05) is 12.6 Å². The molecule has 5 nitrogen and oxygen atoms in total. The summed E-state index contributed by atoms with van der Waals surface area (Å²) in [6.07, 6.45) is 3.46. The van der Waals surface area contributed by atoms with Gasteiger partial charge in [-0.3, -0.25) is 4.79 Å². The van der Waals surface area contributed by atoms with Crippen LogP contribution in [0.5, 0.6) is 0 Å². The highest BCUT2D eigenvalue weighted by atomic mass is 16.2. The third-order valence-corrected chi connectivity index (χ3v) is 3.49. The van der Waals surface area contributed by atoms with Gasteiger partial charge in [0.15, 0.2) is 0 Å². The standard InChI is InChI=1S/C10H17BN3O2/c12-9-3-6-14(10(9)16)8-1-4-13(5-2-8)11-7-15/h7-9H,1-6,12H2/t9-/m1/s1. The van der Waals surface area contributed by atoms with Crippen molar-refractivity contribution in [2.24, 2.45) is 5.73 Å². The van der Waals surface area contributed by atoms with Crippen LogP contribution in [0.3, 0.4) is 0 Å². The Morgan fingerprint density at radius 1 is 1.25 bits per heavy atom. The van der Waals surface area contributed by atoms with E-state index in [0.717, 1.165) is 45.1 Å². The molecule has 1 atom stereocenters. The van der Waals surface area contributed by atoms with Gasteiger partial charge in [0.05, 0.1) is 12.2 Å². The zero-order valence-corrected chi connectivity index (χ0v) is 9.34. The first kappa shape index (κ1) is 11.6. The lowest BCUT2D eigenvalue weighted by atomic mass is 9.89. The predicted octanol–water partition coefficient (Wildman–Crippen LogP) is -1.18. The summed E-state index contributed by atoms with van der Waals surface area (Å²) >= 11 is 0. The van der Waals surface area contributed by atoms with Crippen molar-refractivity contribution in [3.05, 3.63) is 0 Å². The van der Waals surface area contributed by atoms with Crippen molar-refractivity contribution in [1.82, 2.24) is 9.71 Å². The fourth-order valence-corrected chi connectivity index (χ4v) is 2.52. The Morgan fingerprint density at radius 3 is 2.44 bits per heavy atom. The van der Waals surface area contributed by atoms with E-state index in [1.54, 1.807) is 7.41 Å². The molecule has 16 heavy (non-hydrogen) atoms. The van der Waals surface area contributed by atoms with Gasteiger partial charge in [0.25, 0.3) is 7.41 Å². The van der Waals surface area contributed by atoms with Gasteiger partial charge in [-0.2, -0.15) is 0 Å². The maximum absolute atomic E-state index is 11.7. The zero-order valence-electron chi connectivity index (χ0n) is 9.34. The maximum atomic E-state index is 11.7. The third-order valence-electron chi connectivity index (χ3n) is 3.49. The van der Waals surface area contributed by atoms with Crippen LogP contribution in [0.25, 0.3) is 0 Å². The fourth-order valence-electron chi connectivity index (χ4n) is 2.52. The van der Waals surface area contributed by atoms with E-state index in [1.165, 1.54) is 0 Å². The Kier molecular flexibility index (Phi) is 3.61. The van der Waals surface area contributed by atoms with Crippen LogP contribution in [0.1, 0.15) is 19.3 Å². The number of rotatable bonds is 3. The Hall–Kier alpha value is -0.875. The Morgan fingerprint density at radius 2 is 1.94 bits per heavy atom. The number of carbonyl (C=O) groups excluding carboxylic acids is 2. The predicted molar refractivity (Wildman–Crippen MR) is 61.4 cm³/mol. The van der Waals surface area contributed by atoms with Gasteiger partial charge < -0.3 is 20.2 Å². The lowest BCUT2D eigenvalue weighted by Crippen LogP contribution is -2.48. The lowest BCUT2D eigenvalue weighted by Gasteiger charge is -2.36. The van der Waals surface area contributed by atoms with E-state index in [-0.39, 0.29) is 11.9 Å². The molecule has 6 heteroatoms. The molecule has 1 radical (unpaired) electrons. The summed E-state index contributed by atoms with van der Waals surface area (Å²) in [5.41, 5.74) is 5.70. The van der Waals surface area contributed by atoms with Gasteiger partial charge in [-0.05, 0) is 32.4 Å². The SMILES string of the molecule is N[C@@H]1CCN(C2CCN([B]C=O)CC2)C1=O. The smallest absolute Gasteiger partial charge is 0.293 e. The number of nitrogens with two attached hydrogens (primary N) is 1. The van der Waals surface area contributed by atoms with Gasteiger partial charge in [-0.1, -0.05) is 0 Å². The molecule has 0 aromatic carbocycles. The summed E-state index contributed by atoms with van der Waals surface area (Å²) in [6.45, 7) is 2.49. The van der Waals surface area contributed by atoms with Crippen LogP contribution >= 0.6 is 0 Å². The van der Waals surface area contributed by atoms with E-state index >= 15 is 0 Å². The van der Waals surface area contributed by atoms with E-state index in [0.29, 0.717) is 6.04 Å². The molecule has 0 bridgehead atoms. The van der Waals surface area contributed by atoms with Crippen molar-refractivity contribution in [3.63, 3.8) is 0 Å². The highest BCUT2D eigenvalue weighted by Gasteiger charge is 2.34. The summed E-state index contributed by atoms with van der Waals surface area (Å²) in [5.74, 6) is 0.0952. The second-order valence-corrected chi connectivity index (χ2v) is 4.48. The van der Waals surface area contributed by atoms with Gasteiger partial charge in [-0.15, -0.1) is 0 Å². The number of piperidine rings is 1. The van der Waals surface area contributed by atoms with Crippen molar-refractivity contribution >= 4 is 19.5 Å². The average molecular weight is 222 g/mol. The molecule has 87 valence electrons. The summed E-state index contributed by atoms with van der Waals surface area (Å²) in [4.78, 5) is 26.0. The second kappa shape index (κ2) is 4.97. The number of hydrogen-bond donors (Lipinski definition) is 1. The van der Waals surface area contributed by atoms with Crippen molar-refractivity contribution in [2.75, 3.05) is 19.6 Å². The lowest BCUT2D eigenvalue weighted by molar-refractivity contribution is -0.131. The average Bonchev–Trinajstić information content (AvgIpc) is 2.62. The monoisotopic (exact) mass is 222 g/mol. The molecule has 2 aliphatic rings. The van der Waals surface area contributed by atoms with Gasteiger partial charge in [-0.25, -0.2) is 0 Å². The number of hydrogen-bond acceptors (Lipinski definition) is 4. The molecule has 2 fully saturated rings. The number of carbonyl (C=O) groups is 2. The van der Waals surface area contributed by atoms with Gasteiger partial charge in [0.2, 0.25) is 5.91 Å². The van der Waals surface area contributed by atoms with Crippen LogP contribution in [0, 0.1) is 0 Å². The minimum atomic E-state index is -0.292. The Balaban J connectivity index is 1.85. The first-order valence-corrected chi connectivity index (χ1v) is 5.81. The highest BCUT2D eigenvalue weighted by Crippen LogP contribution is 2.21. The molecule has 1 amide bonds. The molecule has 2 N–H and O–H groups in total. The molecule has 2 saturated heterocycles. The number of nitrogens with zero attached hydrogens (tertiary/aromatic N) is 2. The van der Waals surface area contributed by atoms with Gasteiger partial charge in [0.1, 0.15) is 0 Å². The van der Waals surface area contributed by atoms with Crippen molar-refractivity contribution in [1.29, 1.82) is 0 Å². The van der Waals surface area contributed by atoms with Crippen molar-refractivity contribution < 1.29 is 9.59 Å². The van der Waals surface area contributed by atoms with Crippen LogP contribution in [0.2, 0.25) is 0 Å². The molecule has 0 aliphatic carbocycles. The Labute approximate surface area is 96.2 Å². The summed E-state index contributed by atoms with van der Waals surface area (Å²) < 4.78 is 0. The highest BCUT2D eigenvalue weighted by molar-refractivity contribution is 6.64. The van der Waals surface area contributed by atoms with Crippen LogP contribution in [0.15, 0.2) is 0 Å². The van der Waals surface area contributed by atoms with Crippen molar-refractivity contribution in [2.45, 2.75) is 31.3 Å². The molecule has 2 heterocycles. The minimum absolute atomic E-state index is 0.0952. The maximum Gasteiger partial charge on any atom is 0.293 e. The quantitative estimate of drug-likeness (QED) is 0.482. The topological polar surface area (TPSA) is 66.6 Å². The first-order valence-electron chi connectivity index (χ1n) is 5.81. The molecular formula is C10H17BN3O2. The zero-order chi connectivity index (χ0) is 11.5. The summed E-state index contributed by atoms with van der Waals surface area (Å²) in [7, 11) is 1.58. The van der Waals surface area contributed by atoms with E-state index in [4.69, 9.17) is 5.73 Å². The molecule has 0 aromatic rings. The van der Waals surface area contributed by atoms with E-state index in [9.17, 15) is 9.59 Å². The molecular weight excluding hydrogens is 205 g/mol. The molecule has 2 aliphatic heterocycles. The normalized spacial score (nSPS) is 28.4.